The summed E-state index contributed by atoms with van der Waals surface area (Å²) in [7, 11) is 0. The molecule has 162 valence electrons. The van der Waals surface area contributed by atoms with Crippen LogP contribution in [0.5, 0.6) is 0 Å². The summed E-state index contributed by atoms with van der Waals surface area (Å²) in [5, 5.41) is 11.2. The summed E-state index contributed by atoms with van der Waals surface area (Å²) in [5.41, 5.74) is 3.83. The maximum Gasteiger partial charge on any atom is 0.247 e. The lowest BCUT2D eigenvalue weighted by atomic mass is 10.1. The molecule has 1 aliphatic heterocycles. The molecule has 31 heavy (non-hydrogen) atoms. The van der Waals surface area contributed by atoms with Crippen LogP contribution in [0.3, 0.4) is 0 Å². The van der Waals surface area contributed by atoms with Gasteiger partial charge in [0.25, 0.3) is 0 Å². The molecule has 1 saturated heterocycles. The van der Waals surface area contributed by atoms with E-state index in [0.717, 1.165) is 43.0 Å². The minimum Gasteiger partial charge on any atom is -0.419 e. The van der Waals surface area contributed by atoms with E-state index in [-0.39, 0.29) is 11.7 Å². The van der Waals surface area contributed by atoms with Gasteiger partial charge < -0.3 is 9.73 Å². The number of hydrogen-bond acceptors (Lipinski definition) is 6. The topological polar surface area (TPSA) is 74.5 Å². The van der Waals surface area contributed by atoms with Crippen molar-refractivity contribution >= 4 is 11.6 Å². The molecular weight excluding hydrogens is 397 g/mol. The van der Waals surface area contributed by atoms with Gasteiger partial charge in [-0.05, 0) is 55.3 Å². The Hall–Kier alpha value is -3.10. The third-order valence-corrected chi connectivity index (χ3v) is 5.63. The summed E-state index contributed by atoms with van der Waals surface area (Å²) in [4.78, 5) is 16.8. The predicted octanol–water partition coefficient (Wildman–Crippen LogP) is 3.25. The highest BCUT2D eigenvalue weighted by atomic mass is 19.1. The first-order chi connectivity index (χ1) is 15.0. The molecule has 3 aromatic rings. The molecule has 1 aliphatic rings. The maximum absolute atomic E-state index is 13.1. The largest absolute Gasteiger partial charge is 0.419 e. The van der Waals surface area contributed by atoms with Crippen molar-refractivity contribution in [3.8, 4) is 11.5 Å². The molecule has 0 atom stereocenters. The molecule has 1 N–H and O–H groups in total. The summed E-state index contributed by atoms with van der Waals surface area (Å²) in [6, 6.07) is 11.9. The molecule has 0 radical (unpaired) electrons. The highest BCUT2D eigenvalue weighted by molar-refractivity contribution is 5.93. The van der Waals surface area contributed by atoms with E-state index in [4.69, 9.17) is 4.42 Å². The molecule has 0 aliphatic carbocycles. The van der Waals surface area contributed by atoms with Gasteiger partial charge in [-0.15, -0.1) is 10.2 Å². The molecule has 2 heterocycles. The van der Waals surface area contributed by atoms with Crippen LogP contribution < -0.4 is 5.32 Å². The summed E-state index contributed by atoms with van der Waals surface area (Å²) in [6.07, 6.45) is 0. The van der Waals surface area contributed by atoms with E-state index in [1.807, 2.05) is 32.0 Å². The first-order valence-corrected chi connectivity index (χ1v) is 10.4. The van der Waals surface area contributed by atoms with Crippen molar-refractivity contribution in [2.75, 3.05) is 38.0 Å². The Morgan fingerprint density at radius 2 is 1.74 bits per heavy atom. The molecule has 4 rings (SSSR count). The minimum absolute atomic E-state index is 0.00277. The first kappa shape index (κ1) is 21.1. The Labute approximate surface area is 180 Å². The van der Waals surface area contributed by atoms with Crippen molar-refractivity contribution in [1.29, 1.82) is 0 Å². The van der Waals surface area contributed by atoms with Gasteiger partial charge in [-0.25, -0.2) is 4.39 Å². The Bertz CT molecular complexity index is 1040. The number of halogens is 1. The lowest BCUT2D eigenvalue weighted by molar-refractivity contribution is -0.117. The fraction of sp³-hybridized carbons (Fsp3) is 0.348. The molecule has 0 bridgehead atoms. The fourth-order valence-electron chi connectivity index (χ4n) is 3.60. The van der Waals surface area contributed by atoms with Crippen molar-refractivity contribution in [3.63, 3.8) is 0 Å². The van der Waals surface area contributed by atoms with E-state index in [2.05, 4.69) is 25.3 Å². The third-order valence-electron chi connectivity index (χ3n) is 5.63. The lowest BCUT2D eigenvalue weighted by Gasteiger charge is -2.33. The number of nitrogens with zero attached hydrogens (tertiary/aromatic N) is 4. The Morgan fingerprint density at radius 1 is 1.03 bits per heavy atom. The number of aromatic nitrogens is 2. The van der Waals surface area contributed by atoms with E-state index in [9.17, 15) is 9.18 Å². The second-order valence-corrected chi connectivity index (χ2v) is 7.86. The number of carbonyl (C=O) groups is 1. The lowest BCUT2D eigenvalue weighted by Crippen LogP contribution is -2.48. The average molecular weight is 423 g/mol. The highest BCUT2D eigenvalue weighted by Crippen LogP contribution is 2.20. The van der Waals surface area contributed by atoms with Crippen molar-refractivity contribution in [1.82, 2.24) is 20.0 Å². The summed E-state index contributed by atoms with van der Waals surface area (Å²) < 4.78 is 18.8. The molecule has 1 fully saturated rings. The van der Waals surface area contributed by atoms with E-state index in [1.165, 1.54) is 12.1 Å². The normalized spacial score (nSPS) is 15.2. The van der Waals surface area contributed by atoms with Gasteiger partial charge in [0.2, 0.25) is 17.7 Å². The van der Waals surface area contributed by atoms with Crippen LogP contribution in [0, 0.1) is 19.7 Å². The van der Waals surface area contributed by atoms with Crippen LogP contribution in [-0.4, -0.2) is 58.6 Å². The molecule has 1 aromatic heterocycles. The van der Waals surface area contributed by atoms with E-state index < -0.39 is 0 Å². The molecule has 0 saturated carbocycles. The van der Waals surface area contributed by atoms with Gasteiger partial charge in [0.15, 0.2) is 0 Å². The SMILES string of the molecule is Cc1cccc(NC(=O)CN2CCN(Cc3nnc(-c4ccc(F)cc4)o3)CC2)c1C. The quantitative estimate of drug-likeness (QED) is 0.656. The highest BCUT2D eigenvalue weighted by Gasteiger charge is 2.21. The average Bonchev–Trinajstić information content (AvgIpc) is 3.22. The van der Waals surface area contributed by atoms with Gasteiger partial charge >= 0.3 is 0 Å². The van der Waals surface area contributed by atoms with Gasteiger partial charge in [-0.2, -0.15) is 0 Å². The van der Waals surface area contributed by atoms with Crippen LogP contribution in [0.1, 0.15) is 17.0 Å². The molecule has 0 spiro atoms. The Morgan fingerprint density at radius 3 is 2.48 bits per heavy atom. The zero-order chi connectivity index (χ0) is 21.8. The Kier molecular flexibility index (Phi) is 6.39. The van der Waals surface area contributed by atoms with Crippen molar-refractivity contribution in [3.05, 3.63) is 65.3 Å². The number of carbonyl (C=O) groups excluding carboxylic acids is 1. The summed E-state index contributed by atoms with van der Waals surface area (Å²) >= 11 is 0. The number of anilines is 1. The zero-order valence-corrected chi connectivity index (χ0v) is 17.8. The third kappa shape index (κ3) is 5.34. The molecule has 1 amide bonds. The number of piperazine rings is 1. The van der Waals surface area contributed by atoms with Gasteiger partial charge in [0.1, 0.15) is 5.82 Å². The van der Waals surface area contributed by atoms with Gasteiger partial charge in [0, 0.05) is 37.4 Å². The number of nitrogens with one attached hydrogen (secondary N) is 1. The van der Waals surface area contributed by atoms with Crippen LogP contribution in [0.4, 0.5) is 10.1 Å². The van der Waals surface area contributed by atoms with Crippen molar-refractivity contribution in [2.24, 2.45) is 0 Å². The van der Waals surface area contributed by atoms with E-state index >= 15 is 0 Å². The predicted molar refractivity (Wildman–Crippen MR) is 116 cm³/mol. The number of hydrogen-bond donors (Lipinski definition) is 1. The summed E-state index contributed by atoms with van der Waals surface area (Å²) in [6.45, 7) is 8.18. The second-order valence-electron chi connectivity index (χ2n) is 7.86. The molecule has 7 nitrogen and oxygen atoms in total. The Balaban J connectivity index is 1.25. The number of benzene rings is 2. The smallest absolute Gasteiger partial charge is 0.247 e. The van der Waals surface area contributed by atoms with Gasteiger partial charge in [0.05, 0.1) is 13.1 Å². The van der Waals surface area contributed by atoms with Crippen LogP contribution in [-0.2, 0) is 11.3 Å². The van der Waals surface area contributed by atoms with Crippen LogP contribution in [0.2, 0.25) is 0 Å². The summed E-state index contributed by atoms with van der Waals surface area (Å²) in [5.74, 6) is 0.615. The van der Waals surface area contributed by atoms with Crippen molar-refractivity contribution in [2.45, 2.75) is 20.4 Å². The minimum atomic E-state index is -0.302. The van der Waals surface area contributed by atoms with Gasteiger partial charge in [-0.3, -0.25) is 14.6 Å². The molecule has 8 heteroatoms. The maximum atomic E-state index is 13.1. The fourth-order valence-corrected chi connectivity index (χ4v) is 3.60. The number of rotatable bonds is 6. The van der Waals surface area contributed by atoms with Crippen LogP contribution in [0.25, 0.3) is 11.5 Å². The molecular formula is C23H26FN5O2. The molecule has 2 aromatic carbocycles. The number of amides is 1. The van der Waals surface area contributed by atoms with Gasteiger partial charge in [-0.1, -0.05) is 12.1 Å². The standard InChI is InChI=1S/C23H26FN5O2/c1-16-4-3-5-20(17(16)2)25-21(30)14-28-10-12-29(13-11-28)15-22-26-27-23(31-22)18-6-8-19(24)9-7-18/h3-9H,10-15H2,1-2H3,(H,25,30). The molecule has 0 unspecified atom stereocenters. The second kappa shape index (κ2) is 9.36. The van der Waals surface area contributed by atoms with Crippen LogP contribution >= 0.6 is 0 Å². The van der Waals surface area contributed by atoms with E-state index in [0.29, 0.717) is 30.4 Å². The van der Waals surface area contributed by atoms with Crippen molar-refractivity contribution < 1.29 is 13.6 Å². The number of aryl methyl sites for hydroxylation is 1. The first-order valence-electron chi connectivity index (χ1n) is 10.4. The zero-order valence-electron chi connectivity index (χ0n) is 17.8. The van der Waals surface area contributed by atoms with Crippen LogP contribution in [0.15, 0.2) is 46.9 Å². The van der Waals surface area contributed by atoms with E-state index in [1.54, 1.807) is 12.1 Å². The monoisotopic (exact) mass is 423 g/mol.